The Balaban J connectivity index is 2.45. The maximum Gasteiger partial charge on any atom is 0.276 e. The third-order valence-corrected chi connectivity index (χ3v) is 3.13. The van der Waals surface area contributed by atoms with Gasteiger partial charge in [0, 0.05) is 11.6 Å². The Morgan fingerprint density at radius 3 is 2.65 bits per heavy atom. The molecule has 0 N–H and O–H groups in total. The van der Waals surface area contributed by atoms with Gasteiger partial charge in [-0.1, -0.05) is 24.3 Å². The van der Waals surface area contributed by atoms with Crippen molar-refractivity contribution in [3.8, 4) is 11.8 Å². The lowest BCUT2D eigenvalue weighted by atomic mass is 10.0. The van der Waals surface area contributed by atoms with E-state index in [2.05, 4.69) is 0 Å². The molecule has 0 amide bonds. The second kappa shape index (κ2) is 7.00. The standard InChI is InChI=1S/C17H12N2O4/c1-23-15-7-4-6-13(10-15)17(20)14(11-18)9-12-5-2-3-8-16(12)19(21)22/h2-10H,1H3/b14-9+. The number of ether oxygens (including phenoxy) is 1. The van der Waals surface area contributed by atoms with Crippen LogP contribution in [0.4, 0.5) is 5.69 Å². The number of benzene rings is 2. The number of methoxy groups -OCH3 is 1. The Kier molecular flexibility index (Phi) is 4.85. The Labute approximate surface area is 132 Å². The molecule has 2 aromatic rings. The van der Waals surface area contributed by atoms with Gasteiger partial charge in [0.15, 0.2) is 0 Å². The number of hydrogen-bond acceptors (Lipinski definition) is 5. The predicted octanol–water partition coefficient (Wildman–Crippen LogP) is 3.39. The number of para-hydroxylation sites is 1. The molecule has 6 heteroatoms. The van der Waals surface area contributed by atoms with Crippen LogP contribution in [0, 0.1) is 21.4 Å². The monoisotopic (exact) mass is 308 g/mol. The number of rotatable bonds is 5. The van der Waals surface area contributed by atoms with E-state index < -0.39 is 10.7 Å². The molecule has 0 aliphatic rings. The van der Waals surface area contributed by atoms with Crippen LogP contribution in [0.1, 0.15) is 15.9 Å². The molecule has 0 saturated carbocycles. The first-order chi connectivity index (χ1) is 11.1. The van der Waals surface area contributed by atoms with E-state index in [4.69, 9.17) is 4.74 Å². The minimum absolute atomic E-state index is 0.168. The number of hydrogen-bond donors (Lipinski definition) is 0. The summed E-state index contributed by atoms with van der Waals surface area (Å²) in [6, 6.07) is 14.1. The van der Waals surface area contributed by atoms with E-state index in [1.807, 2.05) is 0 Å². The number of carbonyl (C=O) groups excluding carboxylic acids is 1. The summed E-state index contributed by atoms with van der Waals surface area (Å²) in [7, 11) is 1.47. The van der Waals surface area contributed by atoms with E-state index in [9.17, 15) is 20.2 Å². The van der Waals surface area contributed by atoms with Crippen LogP contribution < -0.4 is 4.74 Å². The molecule has 0 unspecified atom stereocenters. The minimum atomic E-state index is -0.559. The molecule has 0 aliphatic carbocycles. The van der Waals surface area contributed by atoms with E-state index >= 15 is 0 Å². The zero-order chi connectivity index (χ0) is 16.8. The first kappa shape index (κ1) is 15.9. The molecular weight excluding hydrogens is 296 g/mol. The van der Waals surface area contributed by atoms with Gasteiger partial charge in [-0.25, -0.2) is 0 Å². The average molecular weight is 308 g/mol. The molecule has 0 saturated heterocycles. The highest BCUT2D eigenvalue weighted by molar-refractivity contribution is 6.14. The van der Waals surface area contributed by atoms with E-state index in [0.717, 1.165) is 0 Å². The largest absolute Gasteiger partial charge is 0.497 e. The molecule has 0 aromatic heterocycles. The van der Waals surface area contributed by atoms with Gasteiger partial charge in [-0.3, -0.25) is 14.9 Å². The molecule has 0 bridgehead atoms. The molecule has 0 spiro atoms. The quantitative estimate of drug-likeness (QED) is 0.277. The molecule has 0 atom stereocenters. The lowest BCUT2D eigenvalue weighted by Gasteiger charge is -2.03. The van der Waals surface area contributed by atoms with Crippen molar-refractivity contribution in [2.75, 3.05) is 7.11 Å². The van der Waals surface area contributed by atoms with Crippen molar-refractivity contribution in [1.82, 2.24) is 0 Å². The average Bonchev–Trinajstić information content (AvgIpc) is 2.59. The predicted molar refractivity (Wildman–Crippen MR) is 84.0 cm³/mol. The van der Waals surface area contributed by atoms with Gasteiger partial charge in [-0.05, 0) is 24.3 Å². The number of nitro benzene ring substituents is 1. The summed E-state index contributed by atoms with van der Waals surface area (Å²) in [6.45, 7) is 0. The van der Waals surface area contributed by atoms with Crippen molar-refractivity contribution in [2.45, 2.75) is 0 Å². The number of Topliss-reactive ketones (excluding diaryl/α,β-unsaturated/α-hetero) is 1. The summed E-state index contributed by atoms with van der Waals surface area (Å²) in [4.78, 5) is 22.9. The van der Waals surface area contributed by atoms with Crippen LogP contribution in [-0.4, -0.2) is 17.8 Å². The van der Waals surface area contributed by atoms with E-state index in [1.165, 1.54) is 37.5 Å². The molecule has 114 valence electrons. The number of nitriles is 1. The first-order valence-corrected chi connectivity index (χ1v) is 6.60. The summed E-state index contributed by atoms with van der Waals surface area (Å²) >= 11 is 0. The molecule has 0 fully saturated rings. The fraction of sp³-hybridized carbons (Fsp3) is 0.0588. The fourth-order valence-electron chi connectivity index (χ4n) is 2.00. The maximum atomic E-state index is 12.4. The number of allylic oxidation sites excluding steroid dienone is 1. The highest BCUT2D eigenvalue weighted by atomic mass is 16.6. The molecule has 2 aromatic carbocycles. The summed E-state index contributed by atoms with van der Waals surface area (Å²) in [5.74, 6) is -0.0385. The van der Waals surface area contributed by atoms with Crippen LogP contribution in [0.5, 0.6) is 5.75 Å². The molecular formula is C17H12N2O4. The van der Waals surface area contributed by atoms with E-state index in [1.54, 1.807) is 30.3 Å². The van der Waals surface area contributed by atoms with Crippen LogP contribution in [0.25, 0.3) is 6.08 Å². The van der Waals surface area contributed by atoms with Gasteiger partial charge in [0.2, 0.25) is 5.78 Å². The van der Waals surface area contributed by atoms with Crippen molar-refractivity contribution < 1.29 is 14.5 Å². The second-order valence-corrected chi connectivity index (χ2v) is 4.55. The van der Waals surface area contributed by atoms with Gasteiger partial charge in [0.1, 0.15) is 17.4 Å². The van der Waals surface area contributed by atoms with E-state index in [0.29, 0.717) is 5.75 Å². The molecule has 0 heterocycles. The number of carbonyl (C=O) groups is 1. The minimum Gasteiger partial charge on any atom is -0.497 e. The normalized spacial score (nSPS) is 10.7. The molecule has 0 radical (unpaired) electrons. The van der Waals surface area contributed by atoms with Gasteiger partial charge in [-0.15, -0.1) is 0 Å². The first-order valence-electron chi connectivity index (χ1n) is 6.60. The van der Waals surface area contributed by atoms with E-state index in [-0.39, 0.29) is 22.4 Å². The lowest BCUT2D eigenvalue weighted by Crippen LogP contribution is -2.02. The van der Waals surface area contributed by atoms with Crippen molar-refractivity contribution in [3.05, 3.63) is 75.3 Å². The van der Waals surface area contributed by atoms with Crippen molar-refractivity contribution >= 4 is 17.5 Å². The zero-order valence-corrected chi connectivity index (χ0v) is 12.2. The highest BCUT2D eigenvalue weighted by Gasteiger charge is 2.16. The van der Waals surface area contributed by atoms with Crippen molar-refractivity contribution in [1.29, 1.82) is 5.26 Å². The zero-order valence-electron chi connectivity index (χ0n) is 12.2. The lowest BCUT2D eigenvalue weighted by molar-refractivity contribution is -0.385. The van der Waals surface area contributed by atoms with Crippen LogP contribution in [0.2, 0.25) is 0 Å². The summed E-state index contributed by atoms with van der Waals surface area (Å²) < 4.78 is 5.04. The van der Waals surface area contributed by atoms with Crippen LogP contribution >= 0.6 is 0 Å². The Hall–Kier alpha value is -3.46. The van der Waals surface area contributed by atoms with Crippen molar-refractivity contribution in [2.24, 2.45) is 0 Å². The summed E-state index contributed by atoms with van der Waals surface area (Å²) in [6.07, 6.45) is 1.22. The second-order valence-electron chi connectivity index (χ2n) is 4.55. The van der Waals surface area contributed by atoms with Crippen LogP contribution in [-0.2, 0) is 0 Å². The fourth-order valence-corrected chi connectivity index (χ4v) is 2.00. The van der Waals surface area contributed by atoms with Gasteiger partial charge in [0.05, 0.1) is 17.6 Å². The Bertz CT molecular complexity index is 834. The van der Waals surface area contributed by atoms with Crippen LogP contribution in [0.15, 0.2) is 54.1 Å². The Morgan fingerprint density at radius 2 is 2.00 bits per heavy atom. The molecule has 6 nitrogen and oxygen atoms in total. The number of nitrogens with zero attached hydrogens (tertiary/aromatic N) is 2. The summed E-state index contributed by atoms with van der Waals surface area (Å²) in [5, 5.41) is 20.2. The van der Waals surface area contributed by atoms with Crippen LogP contribution in [0.3, 0.4) is 0 Å². The smallest absolute Gasteiger partial charge is 0.276 e. The summed E-state index contributed by atoms with van der Waals surface area (Å²) in [5.41, 5.74) is 0.118. The van der Waals surface area contributed by atoms with Gasteiger partial charge < -0.3 is 4.74 Å². The SMILES string of the molecule is COc1cccc(C(=O)/C(C#N)=C/c2ccccc2[N+](=O)[O-])c1. The third-order valence-electron chi connectivity index (χ3n) is 3.13. The topological polar surface area (TPSA) is 93.2 Å². The molecule has 2 rings (SSSR count). The maximum absolute atomic E-state index is 12.4. The Morgan fingerprint density at radius 1 is 1.26 bits per heavy atom. The number of nitro groups is 1. The van der Waals surface area contributed by atoms with Gasteiger partial charge in [-0.2, -0.15) is 5.26 Å². The third kappa shape index (κ3) is 3.60. The van der Waals surface area contributed by atoms with Gasteiger partial charge >= 0.3 is 0 Å². The number of ketones is 1. The van der Waals surface area contributed by atoms with Crippen molar-refractivity contribution in [3.63, 3.8) is 0 Å². The highest BCUT2D eigenvalue weighted by Crippen LogP contribution is 2.22. The molecule has 23 heavy (non-hydrogen) atoms. The van der Waals surface area contributed by atoms with Gasteiger partial charge in [0.25, 0.3) is 5.69 Å². The molecule has 0 aliphatic heterocycles.